The number of benzene rings is 2. The van der Waals surface area contributed by atoms with Crippen molar-refractivity contribution in [3.63, 3.8) is 0 Å². The first kappa shape index (κ1) is 24.7. The van der Waals surface area contributed by atoms with Crippen LogP contribution in [0.3, 0.4) is 0 Å². The minimum absolute atomic E-state index is 0.168. The van der Waals surface area contributed by atoms with Crippen LogP contribution in [0.2, 0.25) is 5.02 Å². The summed E-state index contributed by atoms with van der Waals surface area (Å²) in [5.41, 5.74) is 2.73. The third kappa shape index (κ3) is 6.21. The van der Waals surface area contributed by atoms with Crippen molar-refractivity contribution in [2.75, 3.05) is 24.2 Å². The van der Waals surface area contributed by atoms with Crippen LogP contribution in [0.1, 0.15) is 23.6 Å². The third-order valence-electron chi connectivity index (χ3n) is 5.04. The zero-order valence-corrected chi connectivity index (χ0v) is 19.9. The molecule has 0 spiro atoms. The van der Waals surface area contributed by atoms with Crippen molar-refractivity contribution in [1.82, 2.24) is 10.2 Å². The van der Waals surface area contributed by atoms with Crippen LogP contribution in [0.25, 0.3) is 0 Å². The SMILES string of the molecule is CNC(=O)[C@H](C)N(Cc1cccc(C)c1)C(=O)CN(c1cccc(Cl)c1C)S(C)(=O)=O. The zero-order valence-electron chi connectivity index (χ0n) is 18.3. The molecule has 2 aromatic rings. The van der Waals surface area contributed by atoms with E-state index in [1.807, 2.05) is 31.2 Å². The molecule has 1 atom stereocenters. The van der Waals surface area contributed by atoms with Gasteiger partial charge >= 0.3 is 0 Å². The monoisotopic (exact) mass is 465 g/mol. The number of amides is 2. The number of carbonyl (C=O) groups is 2. The average Bonchev–Trinajstić information content (AvgIpc) is 2.70. The number of aryl methyl sites for hydroxylation is 1. The minimum atomic E-state index is -3.79. The number of sulfonamides is 1. The van der Waals surface area contributed by atoms with Crippen molar-refractivity contribution in [1.29, 1.82) is 0 Å². The van der Waals surface area contributed by atoms with Gasteiger partial charge in [-0.15, -0.1) is 0 Å². The van der Waals surface area contributed by atoms with Gasteiger partial charge in [0, 0.05) is 18.6 Å². The second-order valence-electron chi connectivity index (χ2n) is 7.45. The third-order valence-corrected chi connectivity index (χ3v) is 6.57. The number of nitrogens with zero attached hydrogens (tertiary/aromatic N) is 2. The van der Waals surface area contributed by atoms with Gasteiger partial charge in [-0.1, -0.05) is 47.5 Å². The van der Waals surface area contributed by atoms with Gasteiger partial charge in [0.05, 0.1) is 11.9 Å². The standard InChI is InChI=1S/C22H28ClN3O4S/c1-15-8-6-9-18(12-15)13-25(17(3)22(28)24-4)21(27)14-26(31(5,29)30)20-11-7-10-19(23)16(20)2/h6-12,17H,13-14H2,1-5H3,(H,24,28)/t17-/m0/s1. The summed E-state index contributed by atoms with van der Waals surface area (Å²) in [6.07, 6.45) is 1.04. The number of anilines is 1. The van der Waals surface area contributed by atoms with E-state index < -0.39 is 28.5 Å². The Morgan fingerprint density at radius 1 is 1.13 bits per heavy atom. The van der Waals surface area contributed by atoms with Crippen molar-refractivity contribution in [2.24, 2.45) is 0 Å². The van der Waals surface area contributed by atoms with Crippen molar-refractivity contribution in [3.8, 4) is 0 Å². The molecule has 0 aromatic heterocycles. The molecular formula is C22H28ClN3O4S. The zero-order chi connectivity index (χ0) is 23.3. The Balaban J connectivity index is 2.43. The van der Waals surface area contributed by atoms with Gasteiger partial charge in [-0.2, -0.15) is 0 Å². The molecule has 2 aromatic carbocycles. The number of hydrogen-bond donors (Lipinski definition) is 1. The summed E-state index contributed by atoms with van der Waals surface area (Å²) >= 11 is 6.17. The van der Waals surface area contributed by atoms with E-state index in [4.69, 9.17) is 11.6 Å². The molecule has 2 amide bonds. The maximum absolute atomic E-state index is 13.3. The van der Waals surface area contributed by atoms with Crippen LogP contribution in [-0.2, 0) is 26.2 Å². The van der Waals surface area contributed by atoms with Crippen LogP contribution in [-0.4, -0.2) is 51.0 Å². The Hall–Kier alpha value is -2.58. The highest BCUT2D eigenvalue weighted by atomic mass is 35.5. The molecule has 168 valence electrons. The summed E-state index contributed by atoms with van der Waals surface area (Å²) < 4.78 is 26.1. The van der Waals surface area contributed by atoms with Crippen LogP contribution in [0, 0.1) is 13.8 Å². The molecule has 0 saturated heterocycles. The molecule has 0 unspecified atom stereocenters. The Morgan fingerprint density at radius 3 is 2.35 bits per heavy atom. The maximum Gasteiger partial charge on any atom is 0.244 e. The summed E-state index contributed by atoms with van der Waals surface area (Å²) in [7, 11) is -2.30. The van der Waals surface area contributed by atoms with Crippen LogP contribution in [0.15, 0.2) is 42.5 Å². The summed E-state index contributed by atoms with van der Waals surface area (Å²) in [5, 5.41) is 2.94. The van der Waals surface area contributed by atoms with Gasteiger partial charge < -0.3 is 10.2 Å². The van der Waals surface area contributed by atoms with Gasteiger partial charge in [-0.25, -0.2) is 8.42 Å². The van der Waals surface area contributed by atoms with Crippen molar-refractivity contribution in [2.45, 2.75) is 33.4 Å². The lowest BCUT2D eigenvalue weighted by atomic mass is 10.1. The van der Waals surface area contributed by atoms with E-state index in [2.05, 4.69) is 5.32 Å². The molecule has 0 heterocycles. The van der Waals surface area contributed by atoms with Crippen LogP contribution in [0.4, 0.5) is 5.69 Å². The summed E-state index contributed by atoms with van der Waals surface area (Å²) in [4.78, 5) is 27.0. The molecule has 0 radical (unpaired) electrons. The van der Waals surface area contributed by atoms with Gasteiger partial charge in [0.25, 0.3) is 0 Å². The van der Waals surface area contributed by atoms with Crippen molar-refractivity contribution < 1.29 is 18.0 Å². The summed E-state index contributed by atoms with van der Waals surface area (Å²) in [6.45, 7) is 4.96. The van der Waals surface area contributed by atoms with Crippen molar-refractivity contribution in [3.05, 3.63) is 64.2 Å². The van der Waals surface area contributed by atoms with E-state index in [9.17, 15) is 18.0 Å². The Labute approximate surface area is 189 Å². The number of rotatable bonds is 8. The highest BCUT2D eigenvalue weighted by Crippen LogP contribution is 2.28. The molecule has 9 heteroatoms. The first-order valence-corrected chi connectivity index (χ1v) is 12.0. The van der Waals surface area contributed by atoms with Gasteiger partial charge in [0.15, 0.2) is 0 Å². The average molecular weight is 466 g/mol. The molecule has 0 saturated carbocycles. The predicted octanol–water partition coefficient (Wildman–Crippen LogP) is 2.89. The van der Waals surface area contributed by atoms with Crippen LogP contribution >= 0.6 is 11.6 Å². The van der Waals surface area contributed by atoms with E-state index in [0.717, 1.165) is 21.7 Å². The summed E-state index contributed by atoms with van der Waals surface area (Å²) in [6, 6.07) is 11.7. The summed E-state index contributed by atoms with van der Waals surface area (Å²) in [5.74, 6) is -0.840. The molecular weight excluding hydrogens is 438 g/mol. The van der Waals surface area contributed by atoms with Gasteiger partial charge in [-0.3, -0.25) is 13.9 Å². The lowest BCUT2D eigenvalue weighted by molar-refractivity contribution is -0.139. The maximum atomic E-state index is 13.3. The molecule has 0 aliphatic carbocycles. The van der Waals surface area contributed by atoms with Gasteiger partial charge in [-0.05, 0) is 44.0 Å². The van der Waals surface area contributed by atoms with E-state index >= 15 is 0 Å². The molecule has 1 N–H and O–H groups in total. The first-order valence-electron chi connectivity index (χ1n) is 9.75. The minimum Gasteiger partial charge on any atom is -0.357 e. The van der Waals surface area contributed by atoms with E-state index in [0.29, 0.717) is 16.3 Å². The van der Waals surface area contributed by atoms with Crippen LogP contribution in [0.5, 0.6) is 0 Å². The first-order chi connectivity index (χ1) is 14.5. The normalized spacial score (nSPS) is 12.2. The Morgan fingerprint density at radius 2 is 1.77 bits per heavy atom. The largest absolute Gasteiger partial charge is 0.357 e. The number of hydrogen-bond acceptors (Lipinski definition) is 4. The molecule has 0 aliphatic heterocycles. The quantitative estimate of drug-likeness (QED) is 0.649. The lowest BCUT2D eigenvalue weighted by Gasteiger charge is -2.31. The molecule has 31 heavy (non-hydrogen) atoms. The Kier molecular flexibility index (Phi) is 8.08. The van der Waals surface area contributed by atoms with Gasteiger partial charge in [0.2, 0.25) is 21.8 Å². The molecule has 7 nitrogen and oxygen atoms in total. The van der Waals surface area contributed by atoms with Crippen LogP contribution < -0.4 is 9.62 Å². The van der Waals surface area contributed by atoms with E-state index in [-0.39, 0.29) is 12.5 Å². The van der Waals surface area contributed by atoms with Gasteiger partial charge in [0.1, 0.15) is 12.6 Å². The Bertz CT molecular complexity index is 1070. The second kappa shape index (κ2) is 10.2. The predicted molar refractivity (Wildman–Crippen MR) is 124 cm³/mol. The fourth-order valence-corrected chi connectivity index (χ4v) is 4.33. The van der Waals surface area contributed by atoms with E-state index in [1.54, 1.807) is 32.0 Å². The highest BCUT2D eigenvalue weighted by Gasteiger charge is 2.30. The number of likely N-dealkylation sites (N-methyl/N-ethyl adjacent to an activating group) is 1. The number of carbonyl (C=O) groups excluding carboxylic acids is 2. The highest BCUT2D eigenvalue weighted by molar-refractivity contribution is 7.92. The van der Waals surface area contributed by atoms with Crippen molar-refractivity contribution >= 4 is 39.1 Å². The fourth-order valence-electron chi connectivity index (χ4n) is 3.26. The molecule has 0 aliphatic rings. The second-order valence-corrected chi connectivity index (χ2v) is 9.77. The molecule has 0 bridgehead atoms. The topological polar surface area (TPSA) is 86.8 Å². The number of halogens is 1. The molecule has 0 fully saturated rings. The fraction of sp³-hybridized carbons (Fsp3) is 0.364. The number of nitrogens with one attached hydrogen (secondary N) is 1. The van der Waals surface area contributed by atoms with E-state index in [1.165, 1.54) is 11.9 Å². The molecule has 2 rings (SSSR count). The lowest BCUT2D eigenvalue weighted by Crippen LogP contribution is -2.50. The smallest absolute Gasteiger partial charge is 0.244 e.